The fourth-order valence-corrected chi connectivity index (χ4v) is 3.64. The van der Waals surface area contributed by atoms with Crippen molar-refractivity contribution in [3.8, 4) is 0 Å². The molecule has 92 valence electrons. The van der Waals surface area contributed by atoms with E-state index >= 15 is 0 Å². The Kier molecular flexibility index (Phi) is 8.33. The Morgan fingerprint density at radius 2 is 1.53 bits per heavy atom. The molecule has 1 atom stereocenters. The topological polar surface area (TPSA) is 27.7 Å². The first-order valence-electron chi connectivity index (χ1n) is 5.79. The van der Waals surface area contributed by atoms with E-state index in [0.29, 0.717) is 0 Å². The molecule has 0 saturated carbocycles. The first-order valence-corrected chi connectivity index (χ1v) is 7.72. The summed E-state index contributed by atoms with van der Waals surface area (Å²) in [6.45, 7) is 4.51. The fourth-order valence-electron chi connectivity index (χ4n) is 1.68. The lowest BCUT2D eigenvalue weighted by Crippen LogP contribution is -2.42. The molecule has 0 aliphatic carbocycles. The molecule has 0 aliphatic rings. The minimum atomic E-state index is -2.32. The minimum absolute atomic E-state index is 0.734. The van der Waals surface area contributed by atoms with E-state index in [-0.39, 0.29) is 0 Å². The third kappa shape index (κ3) is 5.66. The van der Waals surface area contributed by atoms with Gasteiger partial charge in [-0.15, -0.1) is 0 Å². The van der Waals surface area contributed by atoms with Crippen LogP contribution in [0.4, 0.5) is 0 Å². The van der Waals surface area contributed by atoms with Crippen LogP contribution in [0.5, 0.6) is 0 Å². The molecule has 0 aromatic rings. The molecule has 0 saturated heterocycles. The lowest BCUT2D eigenvalue weighted by atomic mass is 10.0. The van der Waals surface area contributed by atoms with Crippen molar-refractivity contribution in [2.24, 2.45) is 5.92 Å². The van der Waals surface area contributed by atoms with Crippen molar-refractivity contribution in [2.45, 2.75) is 45.6 Å². The highest BCUT2D eigenvalue weighted by Crippen LogP contribution is 2.21. The molecule has 0 aromatic carbocycles. The van der Waals surface area contributed by atoms with E-state index in [9.17, 15) is 0 Å². The summed E-state index contributed by atoms with van der Waals surface area (Å²) in [7, 11) is 2.71. The van der Waals surface area contributed by atoms with E-state index in [1.54, 1.807) is 21.3 Å². The van der Waals surface area contributed by atoms with Crippen molar-refractivity contribution >= 4 is 8.80 Å². The second-order valence-corrected chi connectivity index (χ2v) is 7.17. The molecule has 0 fully saturated rings. The number of hydrogen-bond acceptors (Lipinski definition) is 3. The molecular formula is C11H26O3Si. The van der Waals surface area contributed by atoms with Gasteiger partial charge < -0.3 is 13.3 Å². The van der Waals surface area contributed by atoms with Gasteiger partial charge in [0, 0.05) is 27.4 Å². The average Bonchev–Trinajstić information content (AvgIpc) is 2.29. The van der Waals surface area contributed by atoms with Gasteiger partial charge in [-0.1, -0.05) is 33.1 Å². The van der Waals surface area contributed by atoms with Crippen LogP contribution in [0, 0.1) is 5.92 Å². The predicted octanol–water partition coefficient (Wildman–Crippen LogP) is 3.08. The predicted molar refractivity (Wildman–Crippen MR) is 64.9 cm³/mol. The van der Waals surface area contributed by atoms with Crippen molar-refractivity contribution in [1.82, 2.24) is 0 Å². The van der Waals surface area contributed by atoms with Crippen LogP contribution in [-0.2, 0) is 13.3 Å². The zero-order chi connectivity index (χ0) is 11.7. The van der Waals surface area contributed by atoms with Crippen LogP contribution in [0.25, 0.3) is 0 Å². The summed E-state index contributed by atoms with van der Waals surface area (Å²) in [5.74, 6) is 0.734. The van der Waals surface area contributed by atoms with Crippen LogP contribution >= 0.6 is 0 Å². The molecular weight excluding hydrogens is 208 g/mol. The quantitative estimate of drug-likeness (QED) is 0.574. The van der Waals surface area contributed by atoms with Crippen LogP contribution in [0.15, 0.2) is 0 Å². The molecule has 0 aliphatic heterocycles. The molecule has 0 amide bonds. The third-order valence-electron chi connectivity index (χ3n) is 2.93. The van der Waals surface area contributed by atoms with Crippen LogP contribution in [0.2, 0.25) is 6.04 Å². The number of rotatable bonds is 9. The lowest BCUT2D eigenvalue weighted by Gasteiger charge is -2.25. The standard InChI is InChI=1S/C11H26O3Si/c1-6-7-8-11(2)9-10-15(12-3,13-4)14-5/h11H,6-10H2,1-5H3. The summed E-state index contributed by atoms with van der Waals surface area (Å²) >= 11 is 0. The highest BCUT2D eigenvalue weighted by atomic mass is 28.4. The van der Waals surface area contributed by atoms with E-state index in [1.165, 1.54) is 19.3 Å². The van der Waals surface area contributed by atoms with Crippen molar-refractivity contribution in [1.29, 1.82) is 0 Å². The molecule has 0 bridgehead atoms. The van der Waals surface area contributed by atoms with Crippen molar-refractivity contribution < 1.29 is 13.3 Å². The van der Waals surface area contributed by atoms with Crippen molar-refractivity contribution in [3.05, 3.63) is 0 Å². The van der Waals surface area contributed by atoms with Gasteiger partial charge in [-0.2, -0.15) is 0 Å². The normalized spacial score (nSPS) is 14.2. The molecule has 0 rings (SSSR count). The Morgan fingerprint density at radius 1 is 1.00 bits per heavy atom. The first-order chi connectivity index (χ1) is 7.14. The summed E-state index contributed by atoms with van der Waals surface area (Å²) < 4.78 is 16.2. The van der Waals surface area contributed by atoms with E-state index in [2.05, 4.69) is 13.8 Å². The van der Waals surface area contributed by atoms with Crippen LogP contribution < -0.4 is 0 Å². The van der Waals surface area contributed by atoms with Crippen LogP contribution in [0.1, 0.15) is 39.5 Å². The zero-order valence-electron chi connectivity index (χ0n) is 10.8. The van der Waals surface area contributed by atoms with Crippen molar-refractivity contribution in [2.75, 3.05) is 21.3 Å². The summed E-state index contributed by atoms with van der Waals surface area (Å²) in [6, 6.07) is 0.918. The largest absolute Gasteiger partial charge is 0.500 e. The second-order valence-electron chi connectivity index (χ2n) is 4.08. The van der Waals surface area contributed by atoms with Gasteiger partial charge in [-0.3, -0.25) is 0 Å². The van der Waals surface area contributed by atoms with Gasteiger partial charge in [0.1, 0.15) is 0 Å². The van der Waals surface area contributed by atoms with Crippen LogP contribution in [-0.4, -0.2) is 30.1 Å². The monoisotopic (exact) mass is 234 g/mol. The Balaban J connectivity index is 3.88. The smallest absolute Gasteiger partial charge is 0.377 e. The molecule has 1 unspecified atom stereocenters. The SMILES string of the molecule is CCCCC(C)CC[Si](OC)(OC)OC. The van der Waals surface area contributed by atoms with Gasteiger partial charge in [0.15, 0.2) is 0 Å². The van der Waals surface area contributed by atoms with Gasteiger partial charge in [-0.25, -0.2) is 0 Å². The van der Waals surface area contributed by atoms with Crippen molar-refractivity contribution in [3.63, 3.8) is 0 Å². The van der Waals surface area contributed by atoms with Gasteiger partial charge in [0.05, 0.1) is 0 Å². The van der Waals surface area contributed by atoms with E-state index in [0.717, 1.165) is 18.4 Å². The maximum Gasteiger partial charge on any atom is 0.500 e. The van der Waals surface area contributed by atoms with Gasteiger partial charge in [0.25, 0.3) is 0 Å². The molecule has 0 aromatic heterocycles. The first kappa shape index (κ1) is 15.1. The van der Waals surface area contributed by atoms with E-state index in [4.69, 9.17) is 13.3 Å². The van der Waals surface area contributed by atoms with E-state index < -0.39 is 8.80 Å². The highest BCUT2D eigenvalue weighted by Gasteiger charge is 2.37. The van der Waals surface area contributed by atoms with Crippen LogP contribution in [0.3, 0.4) is 0 Å². The third-order valence-corrected chi connectivity index (χ3v) is 5.69. The average molecular weight is 234 g/mol. The Morgan fingerprint density at radius 3 is 1.93 bits per heavy atom. The Labute approximate surface area is 95.5 Å². The summed E-state index contributed by atoms with van der Waals surface area (Å²) in [6.07, 6.45) is 4.99. The maximum atomic E-state index is 5.39. The second kappa shape index (κ2) is 8.27. The van der Waals surface area contributed by atoms with E-state index in [1.807, 2.05) is 0 Å². The molecule has 0 N–H and O–H groups in total. The molecule has 4 heteroatoms. The summed E-state index contributed by atoms with van der Waals surface area (Å²) in [5.41, 5.74) is 0. The Hall–Kier alpha value is 0.0969. The maximum absolute atomic E-state index is 5.39. The summed E-state index contributed by atoms with van der Waals surface area (Å²) in [4.78, 5) is 0. The molecule has 0 heterocycles. The molecule has 0 radical (unpaired) electrons. The number of hydrogen-bond donors (Lipinski definition) is 0. The lowest BCUT2D eigenvalue weighted by molar-refractivity contribution is 0.121. The van der Waals surface area contributed by atoms with Gasteiger partial charge in [-0.05, 0) is 12.3 Å². The Bertz CT molecular complexity index is 141. The summed E-state index contributed by atoms with van der Waals surface area (Å²) in [5, 5.41) is 0. The zero-order valence-corrected chi connectivity index (χ0v) is 11.8. The molecule has 15 heavy (non-hydrogen) atoms. The fraction of sp³-hybridized carbons (Fsp3) is 1.00. The minimum Gasteiger partial charge on any atom is -0.377 e. The molecule has 0 spiro atoms. The number of unbranched alkanes of at least 4 members (excludes halogenated alkanes) is 1. The highest BCUT2D eigenvalue weighted by molar-refractivity contribution is 6.60. The molecule has 3 nitrogen and oxygen atoms in total. The van der Waals surface area contributed by atoms with Gasteiger partial charge >= 0.3 is 8.80 Å². The van der Waals surface area contributed by atoms with Gasteiger partial charge in [0.2, 0.25) is 0 Å².